The lowest BCUT2D eigenvalue weighted by molar-refractivity contribution is -0.152. The zero-order chi connectivity index (χ0) is 11.7. The molecule has 0 amide bonds. The molecule has 1 rings (SSSR count). The van der Waals surface area contributed by atoms with Crippen LogP contribution in [0.15, 0.2) is 0 Å². The SMILES string of the molecule is CC(O)(CN)CN(CC(F)(F)F)C1CC1. The first kappa shape index (κ1) is 12.7. The smallest absolute Gasteiger partial charge is 0.388 e. The summed E-state index contributed by atoms with van der Waals surface area (Å²) in [7, 11) is 0. The Kier molecular flexibility index (Phi) is 3.63. The van der Waals surface area contributed by atoms with Gasteiger partial charge < -0.3 is 10.8 Å². The van der Waals surface area contributed by atoms with Crippen LogP contribution in [0.1, 0.15) is 19.8 Å². The van der Waals surface area contributed by atoms with Gasteiger partial charge in [-0.05, 0) is 19.8 Å². The fourth-order valence-electron chi connectivity index (χ4n) is 1.49. The Labute approximate surface area is 87.0 Å². The van der Waals surface area contributed by atoms with Crippen molar-refractivity contribution < 1.29 is 18.3 Å². The van der Waals surface area contributed by atoms with Crippen LogP contribution >= 0.6 is 0 Å². The number of hydrogen-bond acceptors (Lipinski definition) is 3. The van der Waals surface area contributed by atoms with Crippen molar-refractivity contribution >= 4 is 0 Å². The third-order valence-corrected chi connectivity index (χ3v) is 2.43. The number of aliphatic hydroxyl groups is 1. The maximum atomic E-state index is 12.2. The lowest BCUT2D eigenvalue weighted by atomic mass is 10.1. The molecule has 0 saturated heterocycles. The Hall–Kier alpha value is -0.330. The predicted molar refractivity (Wildman–Crippen MR) is 50.3 cm³/mol. The zero-order valence-corrected chi connectivity index (χ0v) is 8.72. The van der Waals surface area contributed by atoms with Gasteiger partial charge in [0.25, 0.3) is 0 Å². The predicted octanol–water partition coefficient (Wildman–Crippen LogP) is 0.723. The largest absolute Gasteiger partial charge is 0.401 e. The second-order valence-electron chi connectivity index (χ2n) is 4.45. The molecule has 0 aromatic carbocycles. The molecule has 1 unspecified atom stereocenters. The van der Waals surface area contributed by atoms with Crippen LogP contribution in [-0.2, 0) is 0 Å². The molecule has 0 aromatic heterocycles. The Morgan fingerprint density at radius 1 is 1.33 bits per heavy atom. The van der Waals surface area contributed by atoms with Crippen molar-refractivity contribution in [2.24, 2.45) is 5.73 Å². The number of hydrogen-bond donors (Lipinski definition) is 2. The standard InChI is InChI=1S/C9H17F3N2O/c1-8(15,4-13)5-14(7-2-3-7)6-9(10,11)12/h7,15H,2-6,13H2,1H3. The fraction of sp³-hybridized carbons (Fsp3) is 1.00. The molecular formula is C9H17F3N2O. The van der Waals surface area contributed by atoms with E-state index in [9.17, 15) is 18.3 Å². The lowest BCUT2D eigenvalue weighted by Crippen LogP contribution is -2.49. The van der Waals surface area contributed by atoms with Gasteiger partial charge >= 0.3 is 6.18 Å². The molecule has 0 aromatic rings. The summed E-state index contributed by atoms with van der Waals surface area (Å²) in [5.74, 6) is 0. The summed E-state index contributed by atoms with van der Waals surface area (Å²) in [6, 6.07) is -0.0374. The van der Waals surface area contributed by atoms with Crippen molar-refractivity contribution in [1.82, 2.24) is 4.90 Å². The molecule has 0 spiro atoms. The lowest BCUT2D eigenvalue weighted by Gasteiger charge is -2.31. The van der Waals surface area contributed by atoms with E-state index in [1.54, 1.807) is 0 Å². The molecule has 0 aliphatic heterocycles. The first-order chi connectivity index (χ1) is 6.73. The monoisotopic (exact) mass is 226 g/mol. The summed E-state index contributed by atoms with van der Waals surface area (Å²) in [4.78, 5) is 1.27. The maximum Gasteiger partial charge on any atom is 0.401 e. The van der Waals surface area contributed by atoms with Crippen molar-refractivity contribution in [1.29, 1.82) is 0 Å². The first-order valence-electron chi connectivity index (χ1n) is 4.97. The van der Waals surface area contributed by atoms with Gasteiger partial charge in [0.05, 0.1) is 12.1 Å². The van der Waals surface area contributed by atoms with Gasteiger partial charge in [0, 0.05) is 19.1 Å². The number of halogens is 3. The van der Waals surface area contributed by atoms with Gasteiger partial charge in [0.15, 0.2) is 0 Å². The van der Waals surface area contributed by atoms with E-state index in [0.29, 0.717) is 0 Å². The third kappa shape index (κ3) is 4.81. The van der Waals surface area contributed by atoms with Crippen LogP contribution in [0, 0.1) is 0 Å². The Morgan fingerprint density at radius 3 is 2.20 bits per heavy atom. The van der Waals surface area contributed by atoms with Crippen LogP contribution in [0.5, 0.6) is 0 Å². The molecule has 1 aliphatic carbocycles. The summed E-state index contributed by atoms with van der Waals surface area (Å²) < 4.78 is 36.7. The number of rotatable bonds is 5. The quantitative estimate of drug-likeness (QED) is 0.726. The van der Waals surface area contributed by atoms with Gasteiger partial charge in [-0.15, -0.1) is 0 Å². The molecule has 3 N–H and O–H groups in total. The second kappa shape index (κ2) is 4.27. The summed E-state index contributed by atoms with van der Waals surface area (Å²) in [5.41, 5.74) is 4.04. The molecule has 1 aliphatic rings. The van der Waals surface area contributed by atoms with Crippen molar-refractivity contribution in [3.05, 3.63) is 0 Å². The molecule has 15 heavy (non-hydrogen) atoms. The average molecular weight is 226 g/mol. The molecule has 1 fully saturated rings. The van der Waals surface area contributed by atoms with E-state index in [0.717, 1.165) is 12.8 Å². The molecule has 90 valence electrons. The average Bonchev–Trinajstić information content (AvgIpc) is 2.82. The van der Waals surface area contributed by atoms with Crippen molar-refractivity contribution in [2.75, 3.05) is 19.6 Å². The van der Waals surface area contributed by atoms with E-state index >= 15 is 0 Å². The minimum atomic E-state index is -4.22. The van der Waals surface area contributed by atoms with Gasteiger partial charge in [-0.1, -0.05) is 0 Å². The Morgan fingerprint density at radius 2 is 1.87 bits per heavy atom. The van der Waals surface area contributed by atoms with Gasteiger partial charge in [-0.25, -0.2) is 0 Å². The molecule has 3 nitrogen and oxygen atoms in total. The van der Waals surface area contributed by atoms with E-state index in [1.807, 2.05) is 0 Å². The summed E-state index contributed by atoms with van der Waals surface area (Å²) in [6.07, 6.45) is -2.67. The Bertz CT molecular complexity index is 214. The van der Waals surface area contributed by atoms with E-state index in [1.165, 1.54) is 11.8 Å². The molecule has 0 bridgehead atoms. The van der Waals surface area contributed by atoms with Gasteiger partial charge in [0.1, 0.15) is 0 Å². The van der Waals surface area contributed by atoms with Crippen molar-refractivity contribution in [3.8, 4) is 0 Å². The summed E-state index contributed by atoms with van der Waals surface area (Å²) in [6.45, 7) is 0.439. The molecule has 1 atom stereocenters. The molecule has 6 heteroatoms. The van der Waals surface area contributed by atoms with Gasteiger partial charge in [0.2, 0.25) is 0 Å². The highest BCUT2D eigenvalue weighted by Crippen LogP contribution is 2.31. The third-order valence-electron chi connectivity index (χ3n) is 2.43. The molecule has 0 radical (unpaired) electrons. The Balaban J connectivity index is 2.51. The molecular weight excluding hydrogens is 209 g/mol. The second-order valence-corrected chi connectivity index (χ2v) is 4.45. The zero-order valence-electron chi connectivity index (χ0n) is 8.72. The highest BCUT2D eigenvalue weighted by molar-refractivity contribution is 4.90. The van der Waals surface area contributed by atoms with Crippen LogP contribution in [-0.4, -0.2) is 47.5 Å². The van der Waals surface area contributed by atoms with Crippen LogP contribution < -0.4 is 5.73 Å². The van der Waals surface area contributed by atoms with Gasteiger partial charge in [-0.2, -0.15) is 13.2 Å². The van der Waals surface area contributed by atoms with Crippen LogP contribution in [0.2, 0.25) is 0 Å². The van der Waals surface area contributed by atoms with Crippen molar-refractivity contribution in [2.45, 2.75) is 37.6 Å². The topological polar surface area (TPSA) is 49.5 Å². The van der Waals surface area contributed by atoms with Gasteiger partial charge in [-0.3, -0.25) is 4.90 Å². The number of nitrogens with zero attached hydrogens (tertiary/aromatic N) is 1. The van der Waals surface area contributed by atoms with Crippen LogP contribution in [0.3, 0.4) is 0 Å². The van der Waals surface area contributed by atoms with Crippen LogP contribution in [0.25, 0.3) is 0 Å². The van der Waals surface area contributed by atoms with E-state index in [-0.39, 0.29) is 19.1 Å². The van der Waals surface area contributed by atoms with E-state index < -0.39 is 18.3 Å². The summed E-state index contributed by atoms with van der Waals surface area (Å²) in [5, 5.41) is 9.63. The number of nitrogens with two attached hydrogens (primary N) is 1. The maximum absolute atomic E-state index is 12.2. The minimum Gasteiger partial charge on any atom is -0.388 e. The normalized spacial score (nSPS) is 21.8. The fourth-order valence-corrected chi connectivity index (χ4v) is 1.49. The molecule has 0 heterocycles. The molecule has 1 saturated carbocycles. The first-order valence-corrected chi connectivity index (χ1v) is 4.97. The van der Waals surface area contributed by atoms with Crippen molar-refractivity contribution in [3.63, 3.8) is 0 Å². The highest BCUT2D eigenvalue weighted by Gasteiger charge is 2.40. The summed E-state index contributed by atoms with van der Waals surface area (Å²) >= 11 is 0. The number of alkyl halides is 3. The van der Waals surface area contributed by atoms with E-state index in [2.05, 4.69) is 0 Å². The minimum absolute atomic E-state index is 0.0202. The van der Waals surface area contributed by atoms with Crippen LogP contribution in [0.4, 0.5) is 13.2 Å². The highest BCUT2D eigenvalue weighted by atomic mass is 19.4. The van der Waals surface area contributed by atoms with E-state index in [4.69, 9.17) is 5.73 Å².